The fraction of sp³-hybridized carbons (Fsp3) is 0.154. The van der Waals surface area contributed by atoms with Gasteiger partial charge in [0.05, 0.1) is 34.4 Å². The van der Waals surface area contributed by atoms with E-state index in [2.05, 4.69) is 31.0 Å². The zero-order valence-electron chi connectivity index (χ0n) is 19.3. The summed E-state index contributed by atoms with van der Waals surface area (Å²) < 4.78 is 2.63. The summed E-state index contributed by atoms with van der Waals surface area (Å²) in [5.74, 6) is 0.141. The molecule has 0 unspecified atom stereocenters. The van der Waals surface area contributed by atoms with Crippen LogP contribution in [0.2, 0.25) is 0 Å². The number of aromatic nitrogens is 4. The van der Waals surface area contributed by atoms with Gasteiger partial charge in [-0.05, 0) is 58.7 Å². The van der Waals surface area contributed by atoms with E-state index in [0.717, 1.165) is 32.0 Å². The SMILES string of the molecule is Cc1nn(C)c2c1c(N)nc1ccc(C(=O)N(Cc3ccc(Br)cn3)OCc3ccccc3)cc12. The van der Waals surface area contributed by atoms with Crippen molar-refractivity contribution in [3.63, 3.8) is 0 Å². The first-order valence-electron chi connectivity index (χ1n) is 11.0. The maximum atomic E-state index is 13.7. The van der Waals surface area contributed by atoms with Gasteiger partial charge in [0, 0.05) is 28.7 Å². The number of carbonyl (C=O) groups excluding carboxylic acids is 1. The highest BCUT2D eigenvalue weighted by atomic mass is 79.9. The first-order valence-corrected chi connectivity index (χ1v) is 11.8. The van der Waals surface area contributed by atoms with Gasteiger partial charge < -0.3 is 5.73 Å². The number of nitrogen functional groups attached to an aromatic ring is 1. The number of benzene rings is 2. The summed E-state index contributed by atoms with van der Waals surface area (Å²) in [7, 11) is 1.86. The molecule has 0 spiro atoms. The van der Waals surface area contributed by atoms with Gasteiger partial charge in [-0.25, -0.2) is 10.0 Å². The van der Waals surface area contributed by atoms with Gasteiger partial charge in [0.2, 0.25) is 0 Å². The Morgan fingerprint density at radius 1 is 1.14 bits per heavy atom. The third kappa shape index (κ3) is 4.60. The summed E-state index contributed by atoms with van der Waals surface area (Å²) in [6.45, 7) is 2.34. The van der Waals surface area contributed by atoms with Crippen LogP contribution in [0.1, 0.15) is 27.3 Å². The van der Waals surface area contributed by atoms with Crippen molar-refractivity contribution in [1.29, 1.82) is 0 Å². The Balaban J connectivity index is 1.53. The molecular weight excluding hydrogens is 508 g/mol. The zero-order valence-corrected chi connectivity index (χ0v) is 20.9. The molecule has 3 heterocycles. The molecule has 0 aliphatic rings. The van der Waals surface area contributed by atoms with Crippen LogP contribution in [0.4, 0.5) is 5.82 Å². The van der Waals surface area contributed by atoms with Crippen LogP contribution in [0.3, 0.4) is 0 Å². The number of aryl methyl sites for hydroxylation is 2. The molecule has 5 rings (SSSR count). The summed E-state index contributed by atoms with van der Waals surface area (Å²) in [6, 6.07) is 18.8. The molecule has 3 aromatic heterocycles. The number of pyridine rings is 2. The lowest BCUT2D eigenvalue weighted by molar-refractivity contribution is -0.140. The number of hydrogen-bond acceptors (Lipinski definition) is 6. The van der Waals surface area contributed by atoms with Crippen LogP contribution in [0.15, 0.2) is 71.3 Å². The summed E-state index contributed by atoms with van der Waals surface area (Å²) in [5.41, 5.74) is 10.7. The first-order chi connectivity index (χ1) is 16.9. The van der Waals surface area contributed by atoms with E-state index in [1.807, 2.05) is 62.5 Å². The van der Waals surface area contributed by atoms with Gasteiger partial charge >= 0.3 is 0 Å². The Kier molecular flexibility index (Phi) is 6.19. The number of fused-ring (bicyclic) bond motifs is 3. The summed E-state index contributed by atoms with van der Waals surface area (Å²) in [5, 5.41) is 7.44. The van der Waals surface area contributed by atoms with E-state index in [1.165, 1.54) is 5.06 Å². The van der Waals surface area contributed by atoms with Crippen molar-refractivity contribution in [3.8, 4) is 0 Å². The van der Waals surface area contributed by atoms with Crippen molar-refractivity contribution in [2.45, 2.75) is 20.1 Å². The fourth-order valence-corrected chi connectivity index (χ4v) is 4.34. The van der Waals surface area contributed by atoms with Gasteiger partial charge in [-0.1, -0.05) is 30.3 Å². The number of hydrogen-bond donors (Lipinski definition) is 1. The lowest BCUT2D eigenvalue weighted by Gasteiger charge is -2.22. The smallest absolute Gasteiger partial charge is 0.277 e. The number of hydroxylamine groups is 2. The second-order valence-corrected chi connectivity index (χ2v) is 9.15. The Bertz CT molecular complexity index is 1530. The number of halogens is 1. The third-order valence-corrected chi connectivity index (χ3v) is 6.24. The van der Waals surface area contributed by atoms with E-state index in [4.69, 9.17) is 10.6 Å². The minimum Gasteiger partial charge on any atom is -0.383 e. The van der Waals surface area contributed by atoms with Crippen LogP contribution in [0.5, 0.6) is 0 Å². The number of carbonyl (C=O) groups is 1. The van der Waals surface area contributed by atoms with Gasteiger partial charge in [0.15, 0.2) is 0 Å². The van der Waals surface area contributed by atoms with Crippen LogP contribution < -0.4 is 5.73 Å². The molecule has 35 heavy (non-hydrogen) atoms. The van der Waals surface area contributed by atoms with Gasteiger partial charge in [-0.15, -0.1) is 0 Å². The van der Waals surface area contributed by atoms with Gasteiger partial charge in [-0.2, -0.15) is 5.10 Å². The van der Waals surface area contributed by atoms with E-state index >= 15 is 0 Å². The predicted molar refractivity (Wildman–Crippen MR) is 138 cm³/mol. The van der Waals surface area contributed by atoms with Gasteiger partial charge in [0.1, 0.15) is 12.4 Å². The van der Waals surface area contributed by atoms with Crippen molar-refractivity contribution >= 4 is 49.5 Å². The molecule has 2 N–H and O–H groups in total. The zero-order chi connectivity index (χ0) is 24.5. The quantitative estimate of drug-likeness (QED) is 0.312. The van der Waals surface area contributed by atoms with Crippen molar-refractivity contribution in [3.05, 3.63) is 93.8 Å². The maximum absolute atomic E-state index is 13.7. The van der Waals surface area contributed by atoms with Crippen LogP contribution in [0.25, 0.3) is 21.8 Å². The molecule has 0 atom stereocenters. The van der Waals surface area contributed by atoms with Crippen LogP contribution in [-0.4, -0.2) is 30.7 Å². The van der Waals surface area contributed by atoms with E-state index in [-0.39, 0.29) is 19.1 Å². The molecule has 0 bridgehead atoms. The highest BCUT2D eigenvalue weighted by molar-refractivity contribution is 9.10. The fourth-order valence-electron chi connectivity index (χ4n) is 4.11. The van der Waals surface area contributed by atoms with E-state index in [1.54, 1.807) is 23.0 Å². The molecule has 5 aromatic rings. The molecule has 8 nitrogen and oxygen atoms in total. The second kappa shape index (κ2) is 9.44. The number of rotatable bonds is 6. The lowest BCUT2D eigenvalue weighted by atomic mass is 10.1. The standard InChI is InChI=1S/C26H23BrN6O2/c1-16-23-24(32(2)31-16)21-12-18(8-11-22(21)30-25(23)28)26(34)33(14-20-10-9-19(27)13-29-20)35-15-17-6-4-3-5-7-17/h3-13H,14-15H2,1-2H3,(H2,28,30). The molecule has 176 valence electrons. The molecule has 0 aliphatic carbocycles. The van der Waals surface area contributed by atoms with Crippen molar-refractivity contribution < 1.29 is 9.63 Å². The first kappa shape index (κ1) is 22.9. The number of amides is 1. The Hall–Kier alpha value is -3.82. The topological polar surface area (TPSA) is 99.2 Å². The summed E-state index contributed by atoms with van der Waals surface area (Å²) in [6.07, 6.45) is 1.70. The van der Waals surface area contributed by atoms with E-state index in [0.29, 0.717) is 22.6 Å². The highest BCUT2D eigenvalue weighted by Gasteiger charge is 2.21. The molecule has 0 radical (unpaired) electrons. The number of nitrogens with zero attached hydrogens (tertiary/aromatic N) is 5. The molecule has 0 saturated heterocycles. The Morgan fingerprint density at radius 3 is 2.69 bits per heavy atom. The van der Waals surface area contributed by atoms with Crippen molar-refractivity contribution in [2.24, 2.45) is 7.05 Å². The largest absolute Gasteiger partial charge is 0.383 e. The molecule has 9 heteroatoms. The molecular formula is C26H23BrN6O2. The summed E-state index contributed by atoms with van der Waals surface area (Å²) >= 11 is 3.40. The molecule has 0 aliphatic heterocycles. The molecule has 0 saturated carbocycles. The van der Waals surface area contributed by atoms with Gasteiger partial charge in [-0.3, -0.25) is 19.3 Å². The Morgan fingerprint density at radius 2 is 1.94 bits per heavy atom. The highest BCUT2D eigenvalue weighted by Crippen LogP contribution is 2.30. The van der Waals surface area contributed by atoms with E-state index in [9.17, 15) is 4.79 Å². The third-order valence-electron chi connectivity index (χ3n) is 5.77. The minimum absolute atomic E-state index is 0.192. The average molecular weight is 531 g/mol. The Labute approximate surface area is 210 Å². The number of nitrogens with two attached hydrogens (primary N) is 1. The van der Waals surface area contributed by atoms with Crippen LogP contribution in [0, 0.1) is 6.92 Å². The molecule has 0 fully saturated rings. The van der Waals surface area contributed by atoms with Crippen LogP contribution >= 0.6 is 15.9 Å². The maximum Gasteiger partial charge on any atom is 0.277 e. The van der Waals surface area contributed by atoms with Gasteiger partial charge in [0.25, 0.3) is 5.91 Å². The predicted octanol–water partition coefficient (Wildman–Crippen LogP) is 4.94. The molecule has 2 aromatic carbocycles. The van der Waals surface area contributed by atoms with Crippen molar-refractivity contribution in [1.82, 2.24) is 24.8 Å². The van der Waals surface area contributed by atoms with Crippen molar-refractivity contribution in [2.75, 3.05) is 5.73 Å². The monoisotopic (exact) mass is 530 g/mol. The second-order valence-electron chi connectivity index (χ2n) is 8.23. The lowest BCUT2D eigenvalue weighted by Crippen LogP contribution is -2.31. The summed E-state index contributed by atoms with van der Waals surface area (Å²) in [4.78, 5) is 28.6. The number of anilines is 1. The van der Waals surface area contributed by atoms with Crippen LogP contribution in [-0.2, 0) is 25.0 Å². The van der Waals surface area contributed by atoms with E-state index < -0.39 is 0 Å². The minimum atomic E-state index is -0.281. The normalized spacial score (nSPS) is 11.3. The average Bonchev–Trinajstić information content (AvgIpc) is 3.17. The molecule has 1 amide bonds.